The molecule has 0 aliphatic heterocycles. The number of oxime groups is 1. The molecule has 0 aromatic carbocycles. The highest BCUT2D eigenvalue weighted by atomic mass is 16.6. The summed E-state index contributed by atoms with van der Waals surface area (Å²) in [5, 5.41) is 12.8. The zero-order valence-electron chi connectivity index (χ0n) is 10.7. The molecule has 2 atom stereocenters. The van der Waals surface area contributed by atoms with Crippen LogP contribution < -0.4 is 0 Å². The molecule has 0 heterocycles. The van der Waals surface area contributed by atoms with Gasteiger partial charge in [0.15, 0.2) is 0 Å². The summed E-state index contributed by atoms with van der Waals surface area (Å²) in [5.41, 5.74) is -0.122. The molecule has 0 spiro atoms. The first-order chi connectivity index (χ1) is 7.16. The first-order valence-corrected chi connectivity index (χ1v) is 5.54. The van der Waals surface area contributed by atoms with Gasteiger partial charge in [0, 0.05) is 12.1 Å². The lowest BCUT2D eigenvalue weighted by atomic mass is 9.99. The van der Waals surface area contributed by atoms with Gasteiger partial charge < -0.3 is 9.94 Å². The molecule has 1 aliphatic carbocycles. The second-order valence-corrected chi connectivity index (χ2v) is 6.25. The molecule has 0 aromatic heterocycles. The number of hydrogen-bond acceptors (Lipinski definition) is 3. The molecule has 1 rings (SSSR count). The third-order valence-corrected chi connectivity index (χ3v) is 2.97. The van der Waals surface area contributed by atoms with E-state index in [1.807, 2.05) is 13.8 Å². The minimum absolute atomic E-state index is 0.00929. The van der Waals surface area contributed by atoms with E-state index in [-0.39, 0.29) is 22.7 Å². The van der Waals surface area contributed by atoms with Crippen molar-refractivity contribution in [2.45, 2.75) is 34.6 Å². The second-order valence-electron chi connectivity index (χ2n) is 6.25. The number of nitrogens with zero attached hydrogens (tertiary/aromatic N) is 1. The summed E-state index contributed by atoms with van der Waals surface area (Å²) >= 11 is 0. The van der Waals surface area contributed by atoms with Gasteiger partial charge in [0.1, 0.15) is 6.61 Å². The summed E-state index contributed by atoms with van der Waals surface area (Å²) < 4.78 is 0. The fourth-order valence-electron chi connectivity index (χ4n) is 1.77. The van der Waals surface area contributed by atoms with E-state index in [2.05, 4.69) is 25.9 Å². The Labute approximate surface area is 96.7 Å². The molecule has 4 nitrogen and oxygen atoms in total. The highest BCUT2D eigenvalue weighted by molar-refractivity contribution is 5.84. The molecule has 0 bridgehead atoms. The molecule has 4 heteroatoms. The lowest BCUT2D eigenvalue weighted by molar-refractivity contribution is -0.139. The fourth-order valence-corrected chi connectivity index (χ4v) is 1.77. The van der Waals surface area contributed by atoms with Crippen molar-refractivity contribution in [1.29, 1.82) is 0 Å². The Hall–Kier alpha value is -1.06. The minimum Gasteiger partial charge on any atom is -0.481 e. The predicted octanol–water partition coefficient (Wildman–Crippen LogP) is 2.39. The molecule has 0 radical (unpaired) electrons. The average molecular weight is 227 g/mol. The Kier molecular flexibility index (Phi) is 3.31. The maximum Gasteiger partial charge on any atom is 0.307 e. The van der Waals surface area contributed by atoms with E-state index in [0.717, 1.165) is 0 Å². The van der Waals surface area contributed by atoms with E-state index >= 15 is 0 Å². The van der Waals surface area contributed by atoms with Gasteiger partial charge in [-0.2, -0.15) is 0 Å². The number of carboxylic acids is 1. The topological polar surface area (TPSA) is 58.9 Å². The molecule has 1 aliphatic rings. The Bertz CT molecular complexity index is 302. The van der Waals surface area contributed by atoms with Gasteiger partial charge in [-0.05, 0) is 10.8 Å². The Balaban J connectivity index is 2.40. The predicted molar refractivity (Wildman–Crippen MR) is 62.3 cm³/mol. The molecule has 0 amide bonds. The largest absolute Gasteiger partial charge is 0.481 e. The molecule has 0 saturated heterocycles. The van der Waals surface area contributed by atoms with Crippen molar-refractivity contribution in [2.75, 3.05) is 6.61 Å². The summed E-state index contributed by atoms with van der Waals surface area (Å²) in [6, 6.07) is 0. The van der Waals surface area contributed by atoms with Crippen molar-refractivity contribution in [1.82, 2.24) is 0 Å². The van der Waals surface area contributed by atoms with Crippen LogP contribution in [0.2, 0.25) is 0 Å². The van der Waals surface area contributed by atoms with Gasteiger partial charge in [-0.1, -0.05) is 39.8 Å². The van der Waals surface area contributed by atoms with E-state index in [1.165, 1.54) is 0 Å². The summed E-state index contributed by atoms with van der Waals surface area (Å²) in [6.45, 7) is 10.6. The zero-order chi connectivity index (χ0) is 12.6. The monoisotopic (exact) mass is 227 g/mol. The van der Waals surface area contributed by atoms with Crippen LogP contribution in [0, 0.1) is 22.7 Å². The molecular weight excluding hydrogens is 206 g/mol. The first kappa shape index (κ1) is 13.0. The van der Waals surface area contributed by atoms with Crippen molar-refractivity contribution < 1.29 is 14.7 Å². The molecule has 1 fully saturated rings. The van der Waals surface area contributed by atoms with Crippen molar-refractivity contribution in [3.63, 3.8) is 0 Å². The van der Waals surface area contributed by atoms with E-state index < -0.39 is 5.97 Å². The number of carbonyl (C=O) groups is 1. The highest BCUT2D eigenvalue weighted by Crippen LogP contribution is 2.57. The zero-order valence-corrected chi connectivity index (χ0v) is 10.7. The van der Waals surface area contributed by atoms with Crippen LogP contribution in [0.5, 0.6) is 0 Å². The van der Waals surface area contributed by atoms with Crippen LogP contribution in [-0.2, 0) is 9.63 Å². The molecule has 92 valence electrons. The molecule has 1 N–H and O–H groups in total. The second kappa shape index (κ2) is 4.07. The number of hydrogen-bond donors (Lipinski definition) is 1. The average Bonchev–Trinajstić information content (AvgIpc) is 2.60. The van der Waals surface area contributed by atoms with Crippen LogP contribution in [0.4, 0.5) is 0 Å². The van der Waals surface area contributed by atoms with Gasteiger partial charge in [0.25, 0.3) is 0 Å². The van der Waals surface area contributed by atoms with Gasteiger partial charge in [-0.15, -0.1) is 0 Å². The summed E-state index contributed by atoms with van der Waals surface area (Å²) in [7, 11) is 0. The SMILES string of the molecule is CC(C)(C)CO/N=C/C1[C@@H](C(=O)O)C1(C)C. The smallest absolute Gasteiger partial charge is 0.307 e. The number of aliphatic carboxylic acids is 1. The van der Waals surface area contributed by atoms with E-state index in [0.29, 0.717) is 6.61 Å². The lowest BCUT2D eigenvalue weighted by Crippen LogP contribution is -2.12. The van der Waals surface area contributed by atoms with Crippen LogP contribution >= 0.6 is 0 Å². The van der Waals surface area contributed by atoms with Crippen LogP contribution in [0.25, 0.3) is 0 Å². The molecule has 16 heavy (non-hydrogen) atoms. The van der Waals surface area contributed by atoms with Crippen LogP contribution in [-0.4, -0.2) is 23.9 Å². The highest BCUT2D eigenvalue weighted by Gasteiger charge is 2.61. The number of carboxylic acid groups (broad SMARTS) is 1. The maximum absolute atomic E-state index is 10.9. The summed E-state index contributed by atoms with van der Waals surface area (Å²) in [6.07, 6.45) is 1.63. The summed E-state index contributed by atoms with van der Waals surface area (Å²) in [4.78, 5) is 16.0. The van der Waals surface area contributed by atoms with E-state index in [9.17, 15) is 4.79 Å². The number of rotatable bonds is 4. The Morgan fingerprint density at radius 2 is 2.06 bits per heavy atom. The minimum atomic E-state index is -0.753. The Morgan fingerprint density at radius 3 is 2.44 bits per heavy atom. The van der Waals surface area contributed by atoms with Gasteiger partial charge in [0.2, 0.25) is 0 Å². The lowest BCUT2D eigenvalue weighted by Gasteiger charge is -2.15. The third-order valence-electron chi connectivity index (χ3n) is 2.97. The molecule has 0 aromatic rings. The van der Waals surface area contributed by atoms with Gasteiger partial charge in [-0.3, -0.25) is 4.79 Å². The quantitative estimate of drug-likeness (QED) is 0.592. The van der Waals surface area contributed by atoms with Gasteiger partial charge >= 0.3 is 5.97 Å². The standard InChI is InChI=1S/C12H21NO3/c1-11(2,3)7-16-13-6-8-9(10(14)15)12(8,4)5/h6,8-9H,7H2,1-5H3,(H,14,15)/b13-6+/t8?,9-/m0/s1. The van der Waals surface area contributed by atoms with Gasteiger partial charge in [0.05, 0.1) is 5.92 Å². The molecule has 1 saturated carbocycles. The normalized spacial score (nSPS) is 28.1. The van der Waals surface area contributed by atoms with Crippen molar-refractivity contribution in [3.8, 4) is 0 Å². The van der Waals surface area contributed by atoms with E-state index in [4.69, 9.17) is 9.94 Å². The first-order valence-electron chi connectivity index (χ1n) is 5.54. The summed E-state index contributed by atoms with van der Waals surface area (Å²) in [5.74, 6) is -1.09. The van der Waals surface area contributed by atoms with Crippen molar-refractivity contribution >= 4 is 12.2 Å². The van der Waals surface area contributed by atoms with Crippen LogP contribution in [0.3, 0.4) is 0 Å². The molecule has 1 unspecified atom stereocenters. The van der Waals surface area contributed by atoms with Crippen LogP contribution in [0.1, 0.15) is 34.6 Å². The maximum atomic E-state index is 10.9. The van der Waals surface area contributed by atoms with Gasteiger partial charge in [-0.25, -0.2) is 0 Å². The van der Waals surface area contributed by atoms with Crippen LogP contribution in [0.15, 0.2) is 5.16 Å². The van der Waals surface area contributed by atoms with Crippen molar-refractivity contribution in [3.05, 3.63) is 0 Å². The Morgan fingerprint density at radius 1 is 1.50 bits per heavy atom. The van der Waals surface area contributed by atoms with Crippen molar-refractivity contribution in [2.24, 2.45) is 27.8 Å². The molecular formula is C12H21NO3. The third kappa shape index (κ3) is 2.97. The van der Waals surface area contributed by atoms with E-state index in [1.54, 1.807) is 6.21 Å². The fraction of sp³-hybridized carbons (Fsp3) is 0.833.